The third-order valence-electron chi connectivity index (χ3n) is 4.54. The molecule has 0 aliphatic rings. The number of aromatic amines is 2. The summed E-state index contributed by atoms with van der Waals surface area (Å²) in [4.78, 5) is 22.5. The highest BCUT2D eigenvalue weighted by Crippen LogP contribution is 2.21. The molecular formula is C19H22N4O2S. The van der Waals surface area contributed by atoms with Gasteiger partial charge in [0.05, 0.1) is 6.04 Å². The quantitative estimate of drug-likeness (QED) is 0.458. The molecule has 1 aromatic carbocycles. The lowest BCUT2D eigenvalue weighted by molar-refractivity contribution is 0.408. The van der Waals surface area contributed by atoms with Crippen molar-refractivity contribution in [3.63, 3.8) is 0 Å². The molecule has 0 radical (unpaired) electrons. The molecule has 3 N–H and O–H groups in total. The van der Waals surface area contributed by atoms with Crippen LogP contribution in [0.2, 0.25) is 0 Å². The van der Waals surface area contributed by atoms with E-state index in [0.717, 1.165) is 18.4 Å². The maximum atomic E-state index is 12.1. The summed E-state index contributed by atoms with van der Waals surface area (Å²) in [7, 11) is 0. The second-order valence-corrected chi connectivity index (χ2v) is 6.53. The van der Waals surface area contributed by atoms with Crippen LogP contribution in [-0.2, 0) is 13.0 Å². The van der Waals surface area contributed by atoms with Gasteiger partial charge in [0.25, 0.3) is 5.56 Å². The molecule has 0 spiro atoms. The zero-order chi connectivity index (χ0) is 18.7. The van der Waals surface area contributed by atoms with Crippen molar-refractivity contribution in [1.29, 1.82) is 0 Å². The Labute approximate surface area is 156 Å². The highest BCUT2D eigenvalue weighted by Gasteiger charge is 2.12. The van der Waals surface area contributed by atoms with Crippen molar-refractivity contribution in [2.45, 2.75) is 39.3 Å². The number of aliphatic imine (C=N–C) groups is 1. The molecule has 3 aromatic rings. The summed E-state index contributed by atoms with van der Waals surface area (Å²) < 4.78 is 1.68. The zero-order valence-electron chi connectivity index (χ0n) is 14.8. The van der Waals surface area contributed by atoms with E-state index in [9.17, 15) is 9.90 Å². The van der Waals surface area contributed by atoms with E-state index in [0.29, 0.717) is 6.54 Å². The van der Waals surface area contributed by atoms with Gasteiger partial charge in [-0.25, -0.2) is 0 Å². The molecule has 2 aromatic heterocycles. The number of fused-ring (bicyclic) bond motifs is 1. The summed E-state index contributed by atoms with van der Waals surface area (Å²) >= 11 is 5.07. The van der Waals surface area contributed by atoms with Crippen LogP contribution < -0.4 is 5.56 Å². The van der Waals surface area contributed by atoms with Gasteiger partial charge >= 0.3 is 0 Å². The Bertz CT molecular complexity index is 1060. The molecule has 0 saturated carbocycles. The van der Waals surface area contributed by atoms with Crippen molar-refractivity contribution >= 4 is 29.3 Å². The molecule has 0 bridgehead atoms. The van der Waals surface area contributed by atoms with Crippen LogP contribution in [0.1, 0.15) is 31.4 Å². The number of hydrogen-bond donors (Lipinski definition) is 3. The van der Waals surface area contributed by atoms with Crippen molar-refractivity contribution < 1.29 is 5.11 Å². The molecule has 0 amide bonds. The van der Waals surface area contributed by atoms with Crippen LogP contribution >= 0.6 is 12.2 Å². The summed E-state index contributed by atoms with van der Waals surface area (Å²) in [5.74, 6) is -0.146. The van der Waals surface area contributed by atoms with E-state index in [4.69, 9.17) is 12.2 Å². The van der Waals surface area contributed by atoms with Crippen molar-refractivity contribution in [2.75, 3.05) is 0 Å². The Morgan fingerprint density at radius 2 is 2.12 bits per heavy atom. The maximum absolute atomic E-state index is 12.1. The SMILES string of the molecule is CCC(Cc1c[nH]c2ccccc12)N=Cc1c(O)n(CC)c(=S)[nH]c1=O. The second-order valence-electron chi connectivity index (χ2n) is 6.14. The van der Waals surface area contributed by atoms with E-state index in [1.807, 2.05) is 31.3 Å². The number of H-pyrrole nitrogens is 2. The Hall–Kier alpha value is -2.67. The largest absolute Gasteiger partial charge is 0.494 e. The van der Waals surface area contributed by atoms with E-state index < -0.39 is 5.56 Å². The lowest BCUT2D eigenvalue weighted by Crippen LogP contribution is -2.19. The molecule has 0 fully saturated rings. The Kier molecular flexibility index (Phi) is 5.37. The van der Waals surface area contributed by atoms with E-state index in [2.05, 4.69) is 28.0 Å². The van der Waals surface area contributed by atoms with E-state index >= 15 is 0 Å². The normalized spacial score (nSPS) is 12.8. The molecule has 1 unspecified atom stereocenters. The van der Waals surface area contributed by atoms with Gasteiger partial charge in [-0.1, -0.05) is 25.1 Å². The number of para-hydroxylation sites is 1. The second kappa shape index (κ2) is 7.70. The number of benzene rings is 1. The Balaban J connectivity index is 1.89. The van der Waals surface area contributed by atoms with E-state index in [-0.39, 0.29) is 22.3 Å². The predicted octanol–water partition coefficient (Wildman–Crippen LogP) is 3.55. The molecule has 0 saturated heterocycles. The molecule has 1 atom stereocenters. The van der Waals surface area contributed by atoms with Gasteiger partial charge < -0.3 is 10.1 Å². The average molecular weight is 370 g/mol. The molecule has 3 rings (SSSR count). The van der Waals surface area contributed by atoms with Crippen molar-refractivity contribution in [2.24, 2.45) is 4.99 Å². The molecule has 26 heavy (non-hydrogen) atoms. The molecule has 2 heterocycles. The molecule has 6 nitrogen and oxygen atoms in total. The van der Waals surface area contributed by atoms with Gasteiger partial charge in [-0.3, -0.25) is 19.3 Å². The first-order chi connectivity index (χ1) is 12.5. The monoisotopic (exact) mass is 370 g/mol. The average Bonchev–Trinajstić information content (AvgIpc) is 3.03. The van der Waals surface area contributed by atoms with Gasteiger partial charge in [-0.05, 0) is 43.6 Å². The minimum Gasteiger partial charge on any atom is -0.494 e. The van der Waals surface area contributed by atoms with Crippen molar-refractivity contribution in [3.05, 3.63) is 56.7 Å². The summed E-state index contributed by atoms with van der Waals surface area (Å²) in [6, 6.07) is 8.15. The lowest BCUT2D eigenvalue weighted by atomic mass is 10.0. The summed E-state index contributed by atoms with van der Waals surface area (Å²) in [5, 5.41) is 11.5. The molecule has 0 aliphatic heterocycles. The lowest BCUT2D eigenvalue weighted by Gasteiger charge is -2.11. The zero-order valence-corrected chi connectivity index (χ0v) is 15.6. The van der Waals surface area contributed by atoms with Crippen molar-refractivity contribution in [1.82, 2.24) is 14.5 Å². The first-order valence-electron chi connectivity index (χ1n) is 8.69. The smallest absolute Gasteiger partial charge is 0.264 e. The van der Waals surface area contributed by atoms with Crippen LogP contribution in [-0.4, -0.2) is 31.9 Å². The van der Waals surface area contributed by atoms with Crippen LogP contribution in [0.4, 0.5) is 0 Å². The van der Waals surface area contributed by atoms with Crippen LogP contribution in [0, 0.1) is 4.77 Å². The number of aromatic nitrogens is 3. The third-order valence-corrected chi connectivity index (χ3v) is 4.86. The number of hydrogen-bond acceptors (Lipinski definition) is 4. The summed E-state index contributed by atoms with van der Waals surface area (Å²) in [6.07, 6.45) is 5.03. The number of aromatic hydroxyl groups is 1. The number of rotatable bonds is 6. The first-order valence-corrected chi connectivity index (χ1v) is 9.10. The van der Waals surface area contributed by atoms with Crippen LogP contribution in [0.5, 0.6) is 5.88 Å². The van der Waals surface area contributed by atoms with Gasteiger partial charge in [0, 0.05) is 29.9 Å². The van der Waals surface area contributed by atoms with Gasteiger partial charge in [0.15, 0.2) is 4.77 Å². The van der Waals surface area contributed by atoms with Crippen LogP contribution in [0.3, 0.4) is 0 Å². The topological polar surface area (TPSA) is 86.2 Å². The predicted molar refractivity (Wildman–Crippen MR) is 107 cm³/mol. The fourth-order valence-corrected chi connectivity index (χ4v) is 3.33. The fraction of sp³-hybridized carbons (Fsp3) is 0.316. The van der Waals surface area contributed by atoms with Crippen molar-refractivity contribution in [3.8, 4) is 5.88 Å². The Morgan fingerprint density at radius 1 is 1.35 bits per heavy atom. The van der Waals surface area contributed by atoms with E-state index in [1.165, 1.54) is 21.7 Å². The highest BCUT2D eigenvalue weighted by molar-refractivity contribution is 7.71. The highest BCUT2D eigenvalue weighted by atomic mass is 32.1. The molecule has 136 valence electrons. The van der Waals surface area contributed by atoms with Crippen LogP contribution in [0.15, 0.2) is 40.2 Å². The van der Waals surface area contributed by atoms with Crippen LogP contribution in [0.25, 0.3) is 10.9 Å². The van der Waals surface area contributed by atoms with Gasteiger partial charge in [0.1, 0.15) is 5.56 Å². The molecular weight excluding hydrogens is 348 g/mol. The first kappa shape index (κ1) is 18.1. The minimum absolute atomic E-state index is 0.00580. The van der Waals surface area contributed by atoms with Gasteiger partial charge in [-0.15, -0.1) is 0 Å². The maximum Gasteiger partial charge on any atom is 0.264 e. The van der Waals surface area contributed by atoms with Gasteiger partial charge in [-0.2, -0.15) is 0 Å². The van der Waals surface area contributed by atoms with E-state index in [1.54, 1.807) is 0 Å². The molecule has 0 aliphatic carbocycles. The van der Waals surface area contributed by atoms with Gasteiger partial charge in [0.2, 0.25) is 5.88 Å². The number of nitrogens with one attached hydrogen (secondary N) is 2. The summed E-state index contributed by atoms with van der Waals surface area (Å²) in [6.45, 7) is 4.37. The minimum atomic E-state index is -0.428. The number of nitrogens with zero attached hydrogens (tertiary/aromatic N) is 2. The Morgan fingerprint density at radius 3 is 2.85 bits per heavy atom. The standard InChI is InChI=1S/C19H22N4O2S/c1-3-13(9-12-10-21-16-8-6-5-7-14(12)16)20-11-15-17(24)22-19(26)23(4-2)18(15)25/h5-8,10-11,13,21,25H,3-4,9H2,1-2H3,(H,22,24,26). The summed E-state index contributed by atoms with van der Waals surface area (Å²) in [5.41, 5.74) is 1.99. The molecule has 7 heteroatoms. The third kappa shape index (κ3) is 3.48. The fourth-order valence-electron chi connectivity index (χ4n) is 3.02.